The zero-order valence-electron chi connectivity index (χ0n) is 11.0. The summed E-state index contributed by atoms with van der Waals surface area (Å²) in [5.74, 6) is 0. The van der Waals surface area contributed by atoms with Crippen LogP contribution in [0.2, 0.25) is 0 Å². The molecule has 2 rings (SSSR count). The normalized spacial score (nSPS) is 17.6. The Bertz CT molecular complexity index is 599. The number of rotatable bonds is 5. The average Bonchev–Trinajstić information content (AvgIpc) is 2.82. The van der Waals surface area contributed by atoms with Crippen molar-refractivity contribution in [2.24, 2.45) is 0 Å². The van der Waals surface area contributed by atoms with Gasteiger partial charge in [0.25, 0.3) is 0 Å². The summed E-state index contributed by atoms with van der Waals surface area (Å²) < 4.78 is 38.0. The summed E-state index contributed by atoms with van der Waals surface area (Å²) in [7, 11) is -4.58. The van der Waals surface area contributed by atoms with Crippen molar-refractivity contribution >= 4 is 26.5 Å². The van der Waals surface area contributed by atoms with E-state index in [1.54, 1.807) is 25.3 Å². The van der Waals surface area contributed by atoms with Gasteiger partial charge in [0.2, 0.25) is 10.0 Å². The molecule has 1 heterocycles. The Morgan fingerprint density at radius 2 is 2.21 bits per heavy atom. The summed E-state index contributed by atoms with van der Waals surface area (Å²) in [5, 5.41) is 2.95. The molecule has 0 saturated carbocycles. The van der Waals surface area contributed by atoms with E-state index >= 15 is 0 Å². The molecule has 1 aliphatic rings. The van der Waals surface area contributed by atoms with Gasteiger partial charge in [0.1, 0.15) is 0 Å². The topological polar surface area (TPSA) is 75.3 Å². The lowest BCUT2D eigenvalue weighted by Gasteiger charge is -2.11. The Morgan fingerprint density at radius 1 is 1.47 bits per heavy atom. The van der Waals surface area contributed by atoms with E-state index in [0.717, 1.165) is 24.2 Å². The Labute approximate surface area is 116 Å². The summed E-state index contributed by atoms with van der Waals surface area (Å²) >= 11 is 0. The maximum Gasteiger partial charge on any atom is 0.240 e. The number of nitrogens with one attached hydrogen (secondary N) is 2. The van der Waals surface area contributed by atoms with Crippen molar-refractivity contribution in [1.82, 2.24) is 4.72 Å². The highest BCUT2D eigenvalue weighted by atomic mass is 32.2. The smallest absolute Gasteiger partial charge is 0.240 e. The summed E-state index contributed by atoms with van der Waals surface area (Å²) in [6.07, 6.45) is 2.49. The quantitative estimate of drug-likeness (QED) is 0.839. The van der Waals surface area contributed by atoms with E-state index in [-0.39, 0.29) is 16.7 Å². The van der Waals surface area contributed by atoms with Crippen molar-refractivity contribution in [2.45, 2.75) is 23.5 Å². The van der Waals surface area contributed by atoms with Crippen LogP contribution in [0.3, 0.4) is 0 Å². The van der Waals surface area contributed by atoms with E-state index in [1.165, 1.54) is 0 Å². The Balaban J connectivity index is 2.14. The highest BCUT2D eigenvalue weighted by molar-refractivity contribution is 7.89. The van der Waals surface area contributed by atoms with E-state index < -0.39 is 20.8 Å². The molecule has 2 atom stereocenters. The van der Waals surface area contributed by atoms with Gasteiger partial charge < -0.3 is 5.32 Å². The molecule has 0 saturated heterocycles. The summed E-state index contributed by atoms with van der Waals surface area (Å²) in [6.45, 7) is 2.77. The predicted molar refractivity (Wildman–Crippen MR) is 77.4 cm³/mol. The molecule has 0 aromatic heterocycles. The second-order valence-corrected chi connectivity index (χ2v) is 8.23. The highest BCUT2D eigenvalue weighted by Gasteiger charge is 2.19. The van der Waals surface area contributed by atoms with Crippen molar-refractivity contribution in [3.05, 3.63) is 23.8 Å². The van der Waals surface area contributed by atoms with Crippen molar-refractivity contribution in [3.8, 4) is 0 Å². The first-order valence-electron chi connectivity index (χ1n) is 6.09. The van der Waals surface area contributed by atoms with Gasteiger partial charge in [-0.3, -0.25) is 4.21 Å². The molecule has 1 aromatic rings. The molecule has 0 spiro atoms. The molecule has 0 fully saturated rings. The van der Waals surface area contributed by atoms with Gasteiger partial charge in [-0.15, -0.1) is 0 Å². The first-order valence-corrected chi connectivity index (χ1v) is 9.19. The fourth-order valence-corrected chi connectivity index (χ4v) is 3.44. The molecule has 1 aliphatic heterocycles. The van der Waals surface area contributed by atoms with Crippen LogP contribution in [0.1, 0.15) is 12.5 Å². The molecule has 5 nitrogen and oxygen atoms in total. The van der Waals surface area contributed by atoms with Crippen molar-refractivity contribution in [3.63, 3.8) is 0 Å². The fourth-order valence-electron chi connectivity index (χ4n) is 1.86. The minimum absolute atomic E-state index is 0.177. The van der Waals surface area contributed by atoms with Gasteiger partial charge in [-0.25, -0.2) is 13.1 Å². The van der Waals surface area contributed by atoms with Crippen molar-refractivity contribution < 1.29 is 12.6 Å². The maximum absolute atomic E-state index is 12.1. The molecule has 106 valence electrons. The van der Waals surface area contributed by atoms with Crippen LogP contribution in [0.15, 0.2) is 23.1 Å². The fraction of sp³-hybridized carbons (Fsp3) is 0.500. The second kappa shape index (κ2) is 5.60. The zero-order chi connectivity index (χ0) is 14.0. The van der Waals surface area contributed by atoms with E-state index in [1.807, 2.05) is 6.07 Å². The first-order chi connectivity index (χ1) is 8.90. The third-order valence-corrected chi connectivity index (χ3v) is 5.95. The van der Waals surface area contributed by atoms with Gasteiger partial charge in [0, 0.05) is 41.1 Å². The lowest BCUT2D eigenvalue weighted by Crippen LogP contribution is -2.32. The monoisotopic (exact) mass is 302 g/mol. The molecule has 0 amide bonds. The van der Waals surface area contributed by atoms with E-state index in [0.29, 0.717) is 0 Å². The molecule has 1 aromatic carbocycles. The Morgan fingerprint density at radius 3 is 2.89 bits per heavy atom. The SMILES string of the molecule is CC(CNS(=O)(=O)c1ccc2c(c1)NCC2)S(C)=O. The lowest BCUT2D eigenvalue weighted by atomic mass is 10.2. The van der Waals surface area contributed by atoms with E-state index in [9.17, 15) is 12.6 Å². The average molecular weight is 302 g/mol. The molecule has 7 heteroatoms. The van der Waals surface area contributed by atoms with Crippen LogP contribution in [0.4, 0.5) is 5.69 Å². The van der Waals surface area contributed by atoms with Crippen molar-refractivity contribution in [2.75, 3.05) is 24.7 Å². The molecule has 0 bridgehead atoms. The third kappa shape index (κ3) is 3.34. The summed E-state index contributed by atoms with van der Waals surface area (Å²) in [6, 6.07) is 5.10. The highest BCUT2D eigenvalue weighted by Crippen LogP contribution is 2.25. The van der Waals surface area contributed by atoms with Crippen LogP contribution in [0.25, 0.3) is 0 Å². The standard InChI is InChI=1S/C12H18N2O3S2/c1-9(18(2)15)8-14-19(16,17)11-4-3-10-5-6-13-12(10)7-11/h3-4,7,9,13-14H,5-6,8H2,1-2H3. The summed E-state index contributed by atoms with van der Waals surface area (Å²) in [4.78, 5) is 0.245. The minimum Gasteiger partial charge on any atom is -0.384 e. The molecular weight excluding hydrogens is 284 g/mol. The number of benzene rings is 1. The van der Waals surface area contributed by atoms with E-state index in [4.69, 9.17) is 0 Å². The van der Waals surface area contributed by atoms with E-state index in [2.05, 4.69) is 10.0 Å². The predicted octanol–water partition coefficient (Wildman–Crippen LogP) is 0.700. The van der Waals surface area contributed by atoms with Crippen LogP contribution in [-0.2, 0) is 27.2 Å². The van der Waals surface area contributed by atoms with Gasteiger partial charge in [0.05, 0.1) is 4.90 Å². The molecule has 19 heavy (non-hydrogen) atoms. The second-order valence-electron chi connectivity index (χ2n) is 4.66. The molecule has 0 aliphatic carbocycles. The van der Waals surface area contributed by atoms with Crippen LogP contribution < -0.4 is 10.0 Å². The first kappa shape index (κ1) is 14.5. The van der Waals surface area contributed by atoms with Gasteiger partial charge in [-0.05, 0) is 31.0 Å². The van der Waals surface area contributed by atoms with Crippen LogP contribution in [0, 0.1) is 0 Å². The maximum atomic E-state index is 12.1. The Hall–Kier alpha value is -0.920. The van der Waals surface area contributed by atoms with Crippen LogP contribution in [-0.4, -0.2) is 37.2 Å². The van der Waals surface area contributed by atoms with Gasteiger partial charge in [-0.1, -0.05) is 6.07 Å². The van der Waals surface area contributed by atoms with Gasteiger partial charge >= 0.3 is 0 Å². The number of sulfonamides is 1. The Kier molecular flexibility index (Phi) is 4.27. The zero-order valence-corrected chi connectivity index (χ0v) is 12.6. The number of fused-ring (bicyclic) bond motifs is 1. The number of hydrogen-bond acceptors (Lipinski definition) is 4. The van der Waals surface area contributed by atoms with Gasteiger partial charge in [-0.2, -0.15) is 0 Å². The van der Waals surface area contributed by atoms with Crippen molar-refractivity contribution in [1.29, 1.82) is 0 Å². The molecule has 2 N–H and O–H groups in total. The largest absolute Gasteiger partial charge is 0.384 e. The molecule has 2 unspecified atom stereocenters. The number of hydrogen-bond donors (Lipinski definition) is 2. The van der Waals surface area contributed by atoms with Gasteiger partial charge in [0.15, 0.2) is 0 Å². The third-order valence-electron chi connectivity index (χ3n) is 3.23. The minimum atomic E-state index is -3.53. The lowest BCUT2D eigenvalue weighted by molar-refractivity contribution is 0.580. The summed E-state index contributed by atoms with van der Waals surface area (Å²) in [5.41, 5.74) is 2.02. The van der Waals surface area contributed by atoms with Crippen LogP contribution >= 0.6 is 0 Å². The molecule has 0 radical (unpaired) electrons. The van der Waals surface area contributed by atoms with Crippen LogP contribution in [0.5, 0.6) is 0 Å². The number of anilines is 1. The molecular formula is C12H18N2O3S2.